The van der Waals surface area contributed by atoms with E-state index in [1.54, 1.807) is 36.4 Å². The summed E-state index contributed by atoms with van der Waals surface area (Å²) >= 11 is 5.76. The monoisotopic (exact) mass is 260 g/mol. The summed E-state index contributed by atoms with van der Waals surface area (Å²) in [4.78, 5) is 11.8. The van der Waals surface area contributed by atoms with Crippen molar-refractivity contribution in [3.63, 3.8) is 0 Å². The molecule has 0 heterocycles. The Hall–Kier alpha value is -2.00. The molecule has 1 amide bonds. The molecule has 0 aromatic heterocycles. The summed E-state index contributed by atoms with van der Waals surface area (Å²) < 4.78 is 0. The summed E-state index contributed by atoms with van der Waals surface area (Å²) in [5.41, 5.74) is 1.32. The minimum Gasteiger partial charge on any atom is -0.508 e. The molecule has 0 saturated carbocycles. The van der Waals surface area contributed by atoms with E-state index in [0.717, 1.165) is 5.56 Å². The molecule has 2 rings (SSSR count). The number of hydrogen-bond acceptors (Lipinski definition) is 2. The van der Waals surface area contributed by atoms with Gasteiger partial charge in [-0.3, -0.25) is 4.79 Å². The molecule has 4 heteroatoms. The number of rotatable bonds is 3. The Morgan fingerprint density at radius 1 is 1.33 bits per heavy atom. The van der Waals surface area contributed by atoms with Gasteiger partial charge in [0.2, 0.25) is 0 Å². The molecule has 0 fully saturated rings. The minimum absolute atomic E-state index is 0.180. The van der Waals surface area contributed by atoms with Crippen molar-refractivity contribution in [1.82, 2.24) is 5.32 Å². The van der Waals surface area contributed by atoms with E-state index in [9.17, 15) is 9.90 Å². The highest BCUT2D eigenvalue weighted by Gasteiger charge is 2.05. The number of phenolic OH excluding ortho intramolecular Hbond substituents is 1. The van der Waals surface area contributed by atoms with Crippen LogP contribution in [0.4, 0.5) is 0 Å². The molecule has 18 heavy (non-hydrogen) atoms. The van der Waals surface area contributed by atoms with E-state index >= 15 is 0 Å². The molecule has 2 N–H and O–H groups in total. The van der Waals surface area contributed by atoms with E-state index in [-0.39, 0.29) is 11.7 Å². The van der Waals surface area contributed by atoms with Crippen LogP contribution in [0.15, 0.2) is 42.5 Å². The summed E-state index contributed by atoms with van der Waals surface area (Å²) in [6.07, 6.45) is 0. The van der Waals surface area contributed by atoms with Crippen molar-refractivity contribution < 1.29 is 9.90 Å². The Labute approximate surface area is 110 Å². The number of aromatic hydroxyl groups is 1. The maximum Gasteiger partial charge on any atom is 0.251 e. The quantitative estimate of drug-likeness (QED) is 0.892. The second-order valence-corrected chi connectivity index (χ2v) is 4.19. The Morgan fingerprint density at radius 2 is 2.17 bits per heavy atom. The van der Waals surface area contributed by atoms with Crippen molar-refractivity contribution in [3.05, 3.63) is 64.7 Å². The van der Waals surface area contributed by atoms with Gasteiger partial charge in [-0.05, 0) is 29.8 Å². The lowest BCUT2D eigenvalue weighted by molar-refractivity contribution is 0.0951. The molecular formula is C14H11ClNO2. The zero-order valence-electron chi connectivity index (χ0n) is 9.48. The van der Waals surface area contributed by atoms with Crippen LogP contribution in [0.5, 0.6) is 5.75 Å². The van der Waals surface area contributed by atoms with E-state index in [4.69, 9.17) is 11.6 Å². The molecule has 3 nitrogen and oxygen atoms in total. The van der Waals surface area contributed by atoms with Crippen LogP contribution in [0.2, 0.25) is 5.02 Å². The summed E-state index contributed by atoms with van der Waals surface area (Å²) in [5.74, 6) is -0.0339. The molecule has 2 aromatic rings. The van der Waals surface area contributed by atoms with Gasteiger partial charge in [0.15, 0.2) is 0 Å². The van der Waals surface area contributed by atoms with Crippen molar-refractivity contribution in [2.45, 2.75) is 6.54 Å². The molecule has 0 aliphatic rings. The predicted molar refractivity (Wildman–Crippen MR) is 69.6 cm³/mol. The summed E-state index contributed by atoms with van der Waals surface area (Å²) in [7, 11) is 0. The smallest absolute Gasteiger partial charge is 0.251 e. The Bertz CT molecular complexity index is 569. The first-order valence-electron chi connectivity index (χ1n) is 5.38. The van der Waals surface area contributed by atoms with Gasteiger partial charge in [-0.2, -0.15) is 0 Å². The highest BCUT2D eigenvalue weighted by atomic mass is 35.5. The van der Waals surface area contributed by atoms with Gasteiger partial charge in [-0.15, -0.1) is 0 Å². The van der Waals surface area contributed by atoms with Crippen molar-refractivity contribution in [2.24, 2.45) is 0 Å². The van der Waals surface area contributed by atoms with Gasteiger partial charge in [-0.1, -0.05) is 29.8 Å². The van der Waals surface area contributed by atoms with Crippen molar-refractivity contribution in [1.29, 1.82) is 0 Å². The first-order chi connectivity index (χ1) is 8.65. The summed E-state index contributed by atoms with van der Waals surface area (Å²) in [6.45, 7) is 0.351. The molecule has 0 aliphatic heterocycles. The standard InChI is InChI=1S/C14H11ClNO2/c15-12-5-2-4-11(8-12)14(18)16-9-10-3-1-6-13(17)7-10/h1-4,6-8,17H,9H2,(H,16,18). The fraction of sp³-hybridized carbons (Fsp3) is 0.0714. The van der Waals surface area contributed by atoms with Crippen LogP contribution < -0.4 is 5.32 Å². The average molecular weight is 261 g/mol. The highest BCUT2D eigenvalue weighted by Crippen LogP contribution is 2.12. The largest absolute Gasteiger partial charge is 0.508 e. The third-order valence-electron chi connectivity index (χ3n) is 2.39. The van der Waals surface area contributed by atoms with Crippen LogP contribution in [-0.4, -0.2) is 11.0 Å². The minimum atomic E-state index is -0.214. The van der Waals surface area contributed by atoms with Gasteiger partial charge >= 0.3 is 0 Å². The second kappa shape index (κ2) is 5.56. The first kappa shape index (κ1) is 12.5. The number of phenols is 1. The highest BCUT2D eigenvalue weighted by molar-refractivity contribution is 6.30. The van der Waals surface area contributed by atoms with E-state index in [2.05, 4.69) is 11.4 Å². The van der Waals surface area contributed by atoms with Crippen LogP contribution in [0, 0.1) is 6.07 Å². The van der Waals surface area contributed by atoms with E-state index < -0.39 is 0 Å². The third kappa shape index (κ3) is 3.25. The van der Waals surface area contributed by atoms with Crippen LogP contribution >= 0.6 is 11.6 Å². The average Bonchev–Trinajstić information content (AvgIpc) is 2.36. The van der Waals surface area contributed by atoms with Crippen LogP contribution in [0.3, 0.4) is 0 Å². The molecule has 0 saturated heterocycles. The van der Waals surface area contributed by atoms with Gasteiger partial charge in [-0.25, -0.2) is 0 Å². The number of hydrogen-bond donors (Lipinski definition) is 2. The van der Waals surface area contributed by atoms with Gasteiger partial charge in [0.1, 0.15) is 5.75 Å². The SMILES string of the molecule is O=C(NCc1cccc(O)c1)c1cc[c]c(Cl)c1. The van der Waals surface area contributed by atoms with E-state index in [0.29, 0.717) is 17.1 Å². The summed E-state index contributed by atoms with van der Waals surface area (Å²) in [6, 6.07) is 14.3. The number of halogens is 1. The van der Waals surface area contributed by atoms with Crippen LogP contribution in [-0.2, 0) is 6.54 Å². The Kier molecular flexibility index (Phi) is 3.85. The fourth-order valence-electron chi connectivity index (χ4n) is 1.53. The molecule has 0 spiro atoms. The Morgan fingerprint density at radius 3 is 2.89 bits per heavy atom. The molecule has 1 radical (unpaired) electrons. The fourth-order valence-corrected chi connectivity index (χ4v) is 1.71. The van der Waals surface area contributed by atoms with Crippen LogP contribution in [0.25, 0.3) is 0 Å². The molecule has 2 aromatic carbocycles. The lowest BCUT2D eigenvalue weighted by atomic mass is 10.2. The topological polar surface area (TPSA) is 49.3 Å². The van der Waals surface area contributed by atoms with Crippen molar-refractivity contribution in [3.8, 4) is 5.75 Å². The van der Waals surface area contributed by atoms with E-state index in [1.165, 1.54) is 0 Å². The zero-order chi connectivity index (χ0) is 13.0. The molecule has 0 unspecified atom stereocenters. The normalized spacial score (nSPS) is 10.1. The zero-order valence-corrected chi connectivity index (χ0v) is 10.2. The number of nitrogens with one attached hydrogen (secondary N) is 1. The number of carbonyl (C=O) groups is 1. The first-order valence-corrected chi connectivity index (χ1v) is 5.76. The molecule has 91 valence electrons. The number of carbonyl (C=O) groups excluding carboxylic acids is 1. The molecule has 0 atom stereocenters. The number of benzene rings is 2. The van der Waals surface area contributed by atoms with Gasteiger partial charge in [0.25, 0.3) is 5.91 Å². The van der Waals surface area contributed by atoms with Gasteiger partial charge in [0.05, 0.1) is 0 Å². The third-order valence-corrected chi connectivity index (χ3v) is 2.61. The van der Waals surface area contributed by atoms with E-state index in [1.807, 2.05) is 6.07 Å². The van der Waals surface area contributed by atoms with Gasteiger partial charge < -0.3 is 10.4 Å². The van der Waals surface area contributed by atoms with Gasteiger partial charge in [0, 0.05) is 23.2 Å². The predicted octanol–water partition coefficient (Wildman–Crippen LogP) is 2.78. The molecular weight excluding hydrogens is 250 g/mol. The molecule has 0 aliphatic carbocycles. The number of amides is 1. The maximum absolute atomic E-state index is 11.8. The lowest BCUT2D eigenvalue weighted by Gasteiger charge is -2.06. The molecule has 0 bridgehead atoms. The van der Waals surface area contributed by atoms with Crippen molar-refractivity contribution >= 4 is 17.5 Å². The summed E-state index contributed by atoms with van der Waals surface area (Å²) in [5, 5.41) is 12.4. The second-order valence-electron chi connectivity index (χ2n) is 3.78. The maximum atomic E-state index is 11.8. The van der Waals surface area contributed by atoms with Crippen LogP contribution in [0.1, 0.15) is 15.9 Å². The lowest BCUT2D eigenvalue weighted by Crippen LogP contribution is -2.22. The van der Waals surface area contributed by atoms with Crippen molar-refractivity contribution in [2.75, 3.05) is 0 Å². The Balaban J connectivity index is 2.00.